The first kappa shape index (κ1) is 18.5. The fourth-order valence-corrected chi connectivity index (χ4v) is 4.30. The first-order valence-corrected chi connectivity index (χ1v) is 9.92. The van der Waals surface area contributed by atoms with Gasteiger partial charge in [0.2, 0.25) is 5.13 Å². The van der Waals surface area contributed by atoms with Gasteiger partial charge >= 0.3 is 0 Å². The molecule has 0 bridgehead atoms. The maximum absolute atomic E-state index is 12.1. The summed E-state index contributed by atoms with van der Waals surface area (Å²) in [5, 5.41) is 13.0. The largest absolute Gasteiger partial charge is 0.296 e. The van der Waals surface area contributed by atoms with Crippen LogP contribution in [0.15, 0.2) is 46.8 Å². The first-order chi connectivity index (χ1) is 12.0. The van der Waals surface area contributed by atoms with Gasteiger partial charge in [-0.15, -0.1) is 10.2 Å². The fourth-order valence-electron chi connectivity index (χ4n) is 1.87. The van der Waals surface area contributed by atoms with Crippen LogP contribution in [0.5, 0.6) is 0 Å². The molecule has 0 atom stereocenters. The standard InChI is InChI=1S/C16H10Cl3N3OS2/c17-11-4-1-9(2-5-11)14(23)20-15-21-22-16(25-15)24-8-10-3-6-12(18)7-13(10)19/h1-7H,8H2,(H,20,21,23). The second kappa shape index (κ2) is 8.38. The van der Waals surface area contributed by atoms with Gasteiger partial charge in [-0.2, -0.15) is 0 Å². The molecule has 128 valence electrons. The number of halogens is 3. The maximum Gasteiger partial charge on any atom is 0.257 e. The molecule has 0 saturated heterocycles. The fraction of sp³-hybridized carbons (Fsp3) is 0.0625. The number of anilines is 1. The summed E-state index contributed by atoms with van der Waals surface area (Å²) < 4.78 is 0.734. The normalized spacial score (nSPS) is 10.7. The third-order valence-electron chi connectivity index (χ3n) is 3.10. The second-order valence-corrected chi connectivity index (χ2v) is 8.34. The number of aromatic nitrogens is 2. The average Bonchev–Trinajstić information content (AvgIpc) is 3.02. The number of carbonyl (C=O) groups is 1. The minimum Gasteiger partial charge on any atom is -0.296 e. The molecule has 1 heterocycles. The minimum atomic E-state index is -0.259. The summed E-state index contributed by atoms with van der Waals surface area (Å²) in [6.45, 7) is 0. The van der Waals surface area contributed by atoms with Crippen LogP contribution in [-0.2, 0) is 5.75 Å². The van der Waals surface area contributed by atoms with Crippen molar-refractivity contribution in [2.45, 2.75) is 10.1 Å². The van der Waals surface area contributed by atoms with Gasteiger partial charge in [-0.3, -0.25) is 10.1 Å². The molecule has 3 aromatic rings. The van der Waals surface area contributed by atoms with Crippen molar-refractivity contribution in [1.82, 2.24) is 10.2 Å². The molecule has 0 aliphatic carbocycles. The molecular formula is C16H10Cl3N3OS2. The maximum atomic E-state index is 12.1. The molecular weight excluding hydrogens is 421 g/mol. The molecule has 0 unspecified atom stereocenters. The van der Waals surface area contributed by atoms with E-state index < -0.39 is 0 Å². The molecule has 1 N–H and O–H groups in total. The van der Waals surface area contributed by atoms with Crippen LogP contribution in [-0.4, -0.2) is 16.1 Å². The molecule has 0 aliphatic heterocycles. The molecule has 25 heavy (non-hydrogen) atoms. The lowest BCUT2D eigenvalue weighted by Gasteiger charge is -2.02. The number of amides is 1. The average molecular weight is 431 g/mol. The Hall–Kier alpha value is -1.31. The Morgan fingerprint density at radius 1 is 1.04 bits per heavy atom. The van der Waals surface area contributed by atoms with Gasteiger partial charge in [0, 0.05) is 26.4 Å². The number of thioether (sulfide) groups is 1. The number of carbonyl (C=O) groups excluding carboxylic acids is 1. The van der Waals surface area contributed by atoms with Crippen LogP contribution in [0.2, 0.25) is 15.1 Å². The summed E-state index contributed by atoms with van der Waals surface area (Å²) in [6.07, 6.45) is 0. The highest BCUT2D eigenvalue weighted by Crippen LogP contribution is 2.31. The van der Waals surface area contributed by atoms with Crippen molar-refractivity contribution in [1.29, 1.82) is 0 Å². The Balaban J connectivity index is 1.60. The predicted octanol–water partition coefficient (Wildman–Crippen LogP) is 6.04. The molecule has 0 fully saturated rings. The summed E-state index contributed by atoms with van der Waals surface area (Å²) in [5.41, 5.74) is 1.46. The van der Waals surface area contributed by atoms with E-state index >= 15 is 0 Å². The highest BCUT2D eigenvalue weighted by atomic mass is 35.5. The predicted molar refractivity (Wildman–Crippen MR) is 105 cm³/mol. The molecule has 2 aromatic carbocycles. The lowest BCUT2D eigenvalue weighted by Crippen LogP contribution is -2.11. The van der Waals surface area contributed by atoms with Gasteiger partial charge in [-0.05, 0) is 42.0 Å². The zero-order chi connectivity index (χ0) is 17.8. The number of rotatable bonds is 5. The van der Waals surface area contributed by atoms with Gasteiger partial charge in [0.15, 0.2) is 4.34 Å². The van der Waals surface area contributed by atoms with Gasteiger partial charge in [0.25, 0.3) is 5.91 Å². The van der Waals surface area contributed by atoms with Crippen LogP contribution in [0, 0.1) is 0 Å². The highest BCUT2D eigenvalue weighted by molar-refractivity contribution is 8.00. The van der Waals surface area contributed by atoms with Gasteiger partial charge in [-0.1, -0.05) is 64.0 Å². The van der Waals surface area contributed by atoms with Gasteiger partial charge in [0.05, 0.1) is 0 Å². The Kier molecular flexibility index (Phi) is 6.19. The topological polar surface area (TPSA) is 54.9 Å². The third-order valence-corrected chi connectivity index (χ3v) is 5.96. The van der Waals surface area contributed by atoms with Gasteiger partial charge < -0.3 is 0 Å². The molecule has 3 rings (SSSR count). The molecule has 9 heteroatoms. The minimum absolute atomic E-state index is 0.259. The van der Waals surface area contributed by atoms with Crippen LogP contribution in [0.1, 0.15) is 15.9 Å². The smallest absolute Gasteiger partial charge is 0.257 e. The van der Waals surface area contributed by atoms with E-state index in [0.29, 0.717) is 31.5 Å². The van der Waals surface area contributed by atoms with Crippen molar-refractivity contribution in [2.75, 3.05) is 5.32 Å². The van der Waals surface area contributed by atoms with Crippen LogP contribution < -0.4 is 5.32 Å². The van der Waals surface area contributed by atoms with Gasteiger partial charge in [-0.25, -0.2) is 0 Å². The Morgan fingerprint density at radius 2 is 1.76 bits per heavy atom. The number of benzene rings is 2. The lowest BCUT2D eigenvalue weighted by atomic mass is 10.2. The van der Waals surface area contributed by atoms with E-state index in [1.807, 2.05) is 6.07 Å². The van der Waals surface area contributed by atoms with Crippen LogP contribution in [0.3, 0.4) is 0 Å². The summed E-state index contributed by atoms with van der Waals surface area (Å²) in [7, 11) is 0. The zero-order valence-electron chi connectivity index (χ0n) is 12.5. The summed E-state index contributed by atoms with van der Waals surface area (Å²) in [5.74, 6) is 0.376. The van der Waals surface area contributed by atoms with Crippen molar-refractivity contribution in [3.05, 3.63) is 68.7 Å². The highest BCUT2D eigenvalue weighted by Gasteiger charge is 2.11. The monoisotopic (exact) mass is 429 g/mol. The van der Waals surface area contributed by atoms with Crippen LogP contribution in [0.25, 0.3) is 0 Å². The Labute approximate surface area is 167 Å². The van der Waals surface area contributed by atoms with E-state index in [9.17, 15) is 4.79 Å². The van der Waals surface area contributed by atoms with Crippen molar-refractivity contribution < 1.29 is 4.79 Å². The Morgan fingerprint density at radius 3 is 2.48 bits per heavy atom. The summed E-state index contributed by atoms with van der Waals surface area (Å²) in [4.78, 5) is 12.1. The zero-order valence-corrected chi connectivity index (χ0v) is 16.4. The van der Waals surface area contributed by atoms with E-state index in [1.165, 1.54) is 23.1 Å². The van der Waals surface area contributed by atoms with Gasteiger partial charge in [0.1, 0.15) is 0 Å². The second-order valence-electron chi connectivity index (χ2n) is 4.86. The van der Waals surface area contributed by atoms with Crippen molar-refractivity contribution in [3.63, 3.8) is 0 Å². The molecule has 1 aromatic heterocycles. The summed E-state index contributed by atoms with van der Waals surface area (Å²) >= 11 is 20.6. The van der Waals surface area contributed by atoms with E-state index in [-0.39, 0.29) is 5.91 Å². The number of nitrogens with zero attached hydrogens (tertiary/aromatic N) is 2. The van der Waals surface area contributed by atoms with E-state index in [1.54, 1.807) is 36.4 Å². The van der Waals surface area contributed by atoms with Crippen molar-refractivity contribution in [2.24, 2.45) is 0 Å². The van der Waals surface area contributed by atoms with Crippen molar-refractivity contribution in [3.8, 4) is 0 Å². The van der Waals surface area contributed by atoms with E-state index in [0.717, 1.165) is 9.90 Å². The van der Waals surface area contributed by atoms with E-state index in [2.05, 4.69) is 15.5 Å². The molecule has 0 radical (unpaired) electrons. The van der Waals surface area contributed by atoms with Crippen molar-refractivity contribution >= 4 is 68.9 Å². The molecule has 1 amide bonds. The number of nitrogens with one attached hydrogen (secondary N) is 1. The quantitative estimate of drug-likeness (QED) is 0.396. The first-order valence-electron chi connectivity index (χ1n) is 6.98. The lowest BCUT2D eigenvalue weighted by molar-refractivity contribution is 0.102. The van der Waals surface area contributed by atoms with Crippen LogP contribution >= 0.6 is 57.9 Å². The Bertz CT molecular complexity index is 900. The number of hydrogen-bond acceptors (Lipinski definition) is 5. The van der Waals surface area contributed by atoms with E-state index in [4.69, 9.17) is 34.8 Å². The molecule has 0 spiro atoms. The molecule has 0 saturated carbocycles. The summed E-state index contributed by atoms with van der Waals surface area (Å²) in [6, 6.07) is 12.0. The SMILES string of the molecule is O=C(Nc1nnc(SCc2ccc(Cl)cc2Cl)s1)c1ccc(Cl)cc1. The third kappa shape index (κ3) is 5.09. The van der Waals surface area contributed by atoms with Crippen LogP contribution in [0.4, 0.5) is 5.13 Å². The number of hydrogen-bond donors (Lipinski definition) is 1. The molecule has 4 nitrogen and oxygen atoms in total. The molecule has 0 aliphatic rings.